The summed E-state index contributed by atoms with van der Waals surface area (Å²) in [6, 6.07) is 12.7. The van der Waals surface area contributed by atoms with Crippen molar-refractivity contribution in [1.29, 1.82) is 0 Å². The van der Waals surface area contributed by atoms with E-state index in [1.807, 2.05) is 31.2 Å². The van der Waals surface area contributed by atoms with Gasteiger partial charge in [0.15, 0.2) is 0 Å². The van der Waals surface area contributed by atoms with Crippen molar-refractivity contribution < 1.29 is 9.53 Å². The number of tetrazole rings is 1. The van der Waals surface area contributed by atoms with Crippen molar-refractivity contribution in [1.82, 2.24) is 25.1 Å². The fourth-order valence-corrected chi connectivity index (χ4v) is 2.87. The highest BCUT2D eigenvalue weighted by Crippen LogP contribution is 2.18. The van der Waals surface area contributed by atoms with E-state index in [-0.39, 0.29) is 5.91 Å². The highest BCUT2D eigenvalue weighted by molar-refractivity contribution is 6.30. The lowest BCUT2D eigenvalue weighted by molar-refractivity contribution is 0.0788. The lowest BCUT2D eigenvalue weighted by atomic mass is 10.1. The lowest BCUT2D eigenvalue weighted by Gasteiger charge is -2.18. The van der Waals surface area contributed by atoms with E-state index in [1.165, 1.54) is 6.33 Å². The van der Waals surface area contributed by atoms with Gasteiger partial charge in [0, 0.05) is 24.2 Å². The number of nitrogens with zero attached hydrogens (tertiary/aromatic N) is 5. The van der Waals surface area contributed by atoms with Crippen molar-refractivity contribution in [3.8, 4) is 11.4 Å². The Bertz CT molecular complexity index is 914. The minimum absolute atomic E-state index is 0.0379. The SMILES string of the molecule is Cc1cc(C(=O)N(C)CCCOc2cccc(Cl)c2)ccc1-n1cnnn1. The summed E-state index contributed by atoms with van der Waals surface area (Å²) in [5.41, 5.74) is 2.39. The van der Waals surface area contributed by atoms with Crippen LogP contribution in [-0.2, 0) is 0 Å². The van der Waals surface area contributed by atoms with Crippen LogP contribution in [0.15, 0.2) is 48.8 Å². The van der Waals surface area contributed by atoms with E-state index in [2.05, 4.69) is 15.5 Å². The Hall–Kier alpha value is -2.93. The van der Waals surface area contributed by atoms with Gasteiger partial charge in [0.05, 0.1) is 12.3 Å². The maximum Gasteiger partial charge on any atom is 0.253 e. The van der Waals surface area contributed by atoms with E-state index in [0.29, 0.717) is 23.7 Å². The number of aryl methyl sites for hydroxylation is 1. The Morgan fingerprint density at radius 2 is 2.11 bits per heavy atom. The van der Waals surface area contributed by atoms with Gasteiger partial charge in [0.25, 0.3) is 5.91 Å². The first-order valence-electron chi connectivity index (χ1n) is 8.52. The van der Waals surface area contributed by atoms with Gasteiger partial charge in [0.2, 0.25) is 0 Å². The Morgan fingerprint density at radius 1 is 1.26 bits per heavy atom. The summed E-state index contributed by atoms with van der Waals surface area (Å²) in [5, 5.41) is 11.8. The molecule has 0 unspecified atom stereocenters. The van der Waals surface area contributed by atoms with Gasteiger partial charge in [-0.05, 0) is 65.7 Å². The molecule has 0 saturated heterocycles. The molecule has 1 amide bonds. The number of hydrogen-bond donors (Lipinski definition) is 0. The molecule has 2 aromatic carbocycles. The van der Waals surface area contributed by atoms with Gasteiger partial charge in [-0.25, -0.2) is 4.68 Å². The second kappa shape index (κ2) is 8.64. The van der Waals surface area contributed by atoms with E-state index in [1.54, 1.807) is 34.8 Å². The minimum Gasteiger partial charge on any atom is -0.493 e. The van der Waals surface area contributed by atoms with Crippen molar-refractivity contribution in [2.75, 3.05) is 20.2 Å². The summed E-state index contributed by atoms with van der Waals surface area (Å²) in [4.78, 5) is 14.3. The third-order valence-electron chi connectivity index (χ3n) is 4.09. The smallest absolute Gasteiger partial charge is 0.253 e. The van der Waals surface area contributed by atoms with Crippen LogP contribution >= 0.6 is 11.6 Å². The molecule has 27 heavy (non-hydrogen) atoms. The number of halogens is 1. The summed E-state index contributed by atoms with van der Waals surface area (Å²) >= 11 is 5.93. The zero-order valence-electron chi connectivity index (χ0n) is 15.2. The highest BCUT2D eigenvalue weighted by Gasteiger charge is 2.13. The number of carbonyl (C=O) groups is 1. The van der Waals surface area contributed by atoms with Crippen LogP contribution in [0.2, 0.25) is 5.02 Å². The second-order valence-corrected chi connectivity index (χ2v) is 6.58. The zero-order chi connectivity index (χ0) is 19.2. The van der Waals surface area contributed by atoms with E-state index >= 15 is 0 Å². The van der Waals surface area contributed by atoms with Crippen LogP contribution in [0.3, 0.4) is 0 Å². The van der Waals surface area contributed by atoms with E-state index in [9.17, 15) is 4.79 Å². The quantitative estimate of drug-likeness (QED) is 0.584. The molecule has 3 aromatic rings. The van der Waals surface area contributed by atoms with Gasteiger partial charge in [-0.15, -0.1) is 5.10 Å². The molecule has 0 bridgehead atoms. The van der Waals surface area contributed by atoms with Gasteiger partial charge < -0.3 is 9.64 Å². The van der Waals surface area contributed by atoms with Gasteiger partial charge in [0.1, 0.15) is 12.1 Å². The fourth-order valence-electron chi connectivity index (χ4n) is 2.69. The monoisotopic (exact) mass is 385 g/mol. The summed E-state index contributed by atoms with van der Waals surface area (Å²) in [5.74, 6) is 0.689. The average molecular weight is 386 g/mol. The third kappa shape index (κ3) is 4.83. The number of rotatable bonds is 7. The van der Waals surface area contributed by atoms with Crippen molar-refractivity contribution >= 4 is 17.5 Å². The number of aromatic nitrogens is 4. The Balaban J connectivity index is 1.53. The van der Waals surface area contributed by atoms with Crippen molar-refractivity contribution in [3.63, 3.8) is 0 Å². The molecule has 0 spiro atoms. The zero-order valence-corrected chi connectivity index (χ0v) is 15.9. The number of benzene rings is 2. The van der Waals surface area contributed by atoms with E-state index < -0.39 is 0 Å². The molecule has 0 N–H and O–H groups in total. The summed E-state index contributed by atoms with van der Waals surface area (Å²) < 4.78 is 7.22. The van der Waals surface area contributed by atoms with Crippen molar-refractivity contribution in [2.45, 2.75) is 13.3 Å². The van der Waals surface area contributed by atoms with Crippen LogP contribution in [-0.4, -0.2) is 51.2 Å². The molecule has 3 rings (SSSR count). The normalized spacial score (nSPS) is 10.6. The molecule has 0 radical (unpaired) electrons. The number of ether oxygens (including phenoxy) is 1. The van der Waals surface area contributed by atoms with Crippen LogP contribution in [0.25, 0.3) is 5.69 Å². The topological polar surface area (TPSA) is 73.1 Å². The molecule has 0 aliphatic rings. The maximum absolute atomic E-state index is 12.6. The molecule has 8 heteroatoms. The van der Waals surface area contributed by atoms with E-state index in [0.717, 1.165) is 23.4 Å². The third-order valence-corrected chi connectivity index (χ3v) is 4.32. The van der Waals surface area contributed by atoms with Crippen molar-refractivity contribution in [3.05, 3.63) is 64.9 Å². The van der Waals surface area contributed by atoms with Crippen LogP contribution in [0.1, 0.15) is 22.3 Å². The van der Waals surface area contributed by atoms with Crippen LogP contribution in [0, 0.1) is 6.92 Å². The molecule has 7 nitrogen and oxygen atoms in total. The Labute approximate surface area is 162 Å². The van der Waals surface area contributed by atoms with Gasteiger partial charge in [-0.1, -0.05) is 17.7 Å². The van der Waals surface area contributed by atoms with Crippen LogP contribution in [0.5, 0.6) is 5.75 Å². The largest absolute Gasteiger partial charge is 0.493 e. The van der Waals surface area contributed by atoms with Crippen LogP contribution in [0.4, 0.5) is 0 Å². The molecule has 0 saturated carbocycles. The Morgan fingerprint density at radius 3 is 2.81 bits per heavy atom. The summed E-state index contributed by atoms with van der Waals surface area (Å²) in [7, 11) is 1.78. The highest BCUT2D eigenvalue weighted by atomic mass is 35.5. The number of hydrogen-bond acceptors (Lipinski definition) is 5. The first-order chi connectivity index (χ1) is 13.0. The van der Waals surface area contributed by atoms with Crippen LogP contribution < -0.4 is 4.74 Å². The molecule has 140 valence electrons. The van der Waals surface area contributed by atoms with Gasteiger partial charge in [-0.3, -0.25) is 4.79 Å². The van der Waals surface area contributed by atoms with Crippen molar-refractivity contribution in [2.24, 2.45) is 0 Å². The van der Waals surface area contributed by atoms with E-state index in [4.69, 9.17) is 16.3 Å². The second-order valence-electron chi connectivity index (χ2n) is 6.14. The fraction of sp³-hybridized carbons (Fsp3) is 0.263. The molecule has 1 aromatic heterocycles. The number of amides is 1. The van der Waals surface area contributed by atoms with Gasteiger partial charge >= 0.3 is 0 Å². The molecular weight excluding hydrogens is 366 g/mol. The lowest BCUT2D eigenvalue weighted by Crippen LogP contribution is -2.28. The molecule has 0 fully saturated rings. The average Bonchev–Trinajstić information content (AvgIpc) is 3.19. The standard InChI is InChI=1S/C19H20ClN5O2/c1-14-11-15(7-8-18(14)25-13-21-22-23-25)19(26)24(2)9-4-10-27-17-6-3-5-16(20)12-17/h3,5-8,11-13H,4,9-10H2,1-2H3. The maximum atomic E-state index is 12.6. The molecular formula is C19H20ClN5O2. The molecule has 0 aliphatic carbocycles. The van der Waals surface area contributed by atoms with Gasteiger partial charge in [-0.2, -0.15) is 0 Å². The minimum atomic E-state index is -0.0379. The molecule has 1 heterocycles. The Kier molecular flexibility index (Phi) is 6.03. The predicted molar refractivity (Wildman–Crippen MR) is 102 cm³/mol. The summed E-state index contributed by atoms with van der Waals surface area (Å²) in [6.45, 7) is 3.02. The summed E-state index contributed by atoms with van der Waals surface area (Å²) in [6.07, 6.45) is 2.24. The first kappa shape index (κ1) is 18.8. The molecule has 0 aliphatic heterocycles. The first-order valence-corrected chi connectivity index (χ1v) is 8.90. The predicted octanol–water partition coefficient (Wildman–Crippen LogP) is 3.17. The molecule has 0 atom stereocenters. The number of carbonyl (C=O) groups excluding carboxylic acids is 1.